The molecule has 0 atom stereocenters. The molecule has 4 heteroatoms. The standard InChI is InChI=1S/C12H16N4/c1-4-11-14-12(16(3)15-11)10-7-9(13)6-5-8(10)2/h5-7H,4,13H2,1-3H3. The molecule has 2 aromatic rings. The van der Waals surface area contributed by atoms with Crippen LogP contribution in [0, 0.1) is 6.92 Å². The van der Waals surface area contributed by atoms with Crippen LogP contribution in [0.25, 0.3) is 11.4 Å². The largest absolute Gasteiger partial charge is 0.399 e. The summed E-state index contributed by atoms with van der Waals surface area (Å²) in [5.74, 6) is 1.74. The van der Waals surface area contributed by atoms with Crippen LogP contribution >= 0.6 is 0 Å². The Balaban J connectivity index is 2.57. The highest BCUT2D eigenvalue weighted by Crippen LogP contribution is 2.23. The van der Waals surface area contributed by atoms with Gasteiger partial charge >= 0.3 is 0 Å². The molecule has 1 aromatic carbocycles. The Morgan fingerprint density at radius 1 is 1.38 bits per heavy atom. The van der Waals surface area contributed by atoms with Crippen LogP contribution in [0.5, 0.6) is 0 Å². The van der Waals surface area contributed by atoms with E-state index in [-0.39, 0.29) is 0 Å². The highest BCUT2D eigenvalue weighted by molar-refractivity contribution is 5.65. The number of rotatable bonds is 2. The van der Waals surface area contributed by atoms with E-state index >= 15 is 0 Å². The zero-order chi connectivity index (χ0) is 11.7. The van der Waals surface area contributed by atoms with Crippen LogP contribution in [0.3, 0.4) is 0 Å². The lowest BCUT2D eigenvalue weighted by Crippen LogP contribution is -1.97. The molecule has 0 amide bonds. The van der Waals surface area contributed by atoms with Crippen LogP contribution in [-0.4, -0.2) is 14.8 Å². The molecule has 0 aliphatic carbocycles. The van der Waals surface area contributed by atoms with Crippen molar-refractivity contribution in [2.45, 2.75) is 20.3 Å². The number of nitrogen functional groups attached to an aromatic ring is 1. The molecule has 0 bridgehead atoms. The van der Waals surface area contributed by atoms with Gasteiger partial charge in [0.2, 0.25) is 0 Å². The van der Waals surface area contributed by atoms with E-state index in [4.69, 9.17) is 5.73 Å². The third-order valence-electron chi connectivity index (χ3n) is 2.63. The zero-order valence-corrected chi connectivity index (χ0v) is 9.86. The number of aryl methyl sites for hydroxylation is 3. The number of hydrogen-bond acceptors (Lipinski definition) is 3. The predicted octanol–water partition coefficient (Wildman–Crippen LogP) is 1.94. The first kappa shape index (κ1) is 10.7. The summed E-state index contributed by atoms with van der Waals surface area (Å²) in [5, 5.41) is 4.34. The molecule has 0 saturated heterocycles. The molecule has 0 saturated carbocycles. The van der Waals surface area contributed by atoms with Gasteiger partial charge in [0.25, 0.3) is 0 Å². The number of aromatic nitrogens is 3. The third-order valence-corrected chi connectivity index (χ3v) is 2.63. The second-order valence-corrected chi connectivity index (χ2v) is 3.90. The number of nitrogens with zero attached hydrogens (tertiary/aromatic N) is 3. The number of hydrogen-bond donors (Lipinski definition) is 1. The summed E-state index contributed by atoms with van der Waals surface area (Å²) in [5.41, 5.74) is 8.76. The Labute approximate surface area is 95.1 Å². The highest BCUT2D eigenvalue weighted by Gasteiger charge is 2.10. The van der Waals surface area contributed by atoms with Gasteiger partial charge in [0.1, 0.15) is 0 Å². The minimum Gasteiger partial charge on any atom is -0.399 e. The first-order chi connectivity index (χ1) is 7.61. The Kier molecular flexibility index (Phi) is 2.64. The van der Waals surface area contributed by atoms with Gasteiger partial charge in [-0.2, -0.15) is 5.10 Å². The summed E-state index contributed by atoms with van der Waals surface area (Å²) in [7, 11) is 1.91. The number of anilines is 1. The van der Waals surface area contributed by atoms with Gasteiger partial charge in [-0.05, 0) is 24.6 Å². The van der Waals surface area contributed by atoms with Crippen molar-refractivity contribution >= 4 is 5.69 Å². The fourth-order valence-corrected chi connectivity index (χ4v) is 1.70. The van der Waals surface area contributed by atoms with Crippen LogP contribution < -0.4 is 5.73 Å². The lowest BCUT2D eigenvalue weighted by atomic mass is 10.1. The van der Waals surface area contributed by atoms with Crippen molar-refractivity contribution < 1.29 is 0 Å². The molecule has 0 fully saturated rings. The van der Waals surface area contributed by atoms with Gasteiger partial charge in [0.15, 0.2) is 11.6 Å². The minimum atomic E-state index is 0.752. The fraction of sp³-hybridized carbons (Fsp3) is 0.333. The average molecular weight is 216 g/mol. The Hall–Kier alpha value is -1.84. The van der Waals surface area contributed by atoms with E-state index in [2.05, 4.69) is 17.0 Å². The van der Waals surface area contributed by atoms with Crippen molar-refractivity contribution in [3.05, 3.63) is 29.6 Å². The maximum absolute atomic E-state index is 5.80. The zero-order valence-electron chi connectivity index (χ0n) is 9.86. The van der Waals surface area contributed by atoms with Gasteiger partial charge in [-0.25, -0.2) is 9.67 Å². The van der Waals surface area contributed by atoms with Gasteiger partial charge in [0.05, 0.1) is 0 Å². The maximum atomic E-state index is 5.80. The van der Waals surface area contributed by atoms with Gasteiger partial charge in [-0.3, -0.25) is 0 Å². The van der Waals surface area contributed by atoms with E-state index in [1.165, 1.54) is 0 Å². The maximum Gasteiger partial charge on any atom is 0.158 e. The summed E-state index contributed by atoms with van der Waals surface area (Å²) >= 11 is 0. The SMILES string of the molecule is CCc1nc(-c2cc(N)ccc2C)n(C)n1. The Morgan fingerprint density at radius 2 is 2.12 bits per heavy atom. The molecule has 2 rings (SSSR count). The molecule has 0 spiro atoms. The van der Waals surface area contributed by atoms with Crippen LogP contribution in [0.15, 0.2) is 18.2 Å². The first-order valence-corrected chi connectivity index (χ1v) is 5.38. The summed E-state index contributed by atoms with van der Waals surface area (Å²) < 4.78 is 1.81. The van der Waals surface area contributed by atoms with Crippen molar-refractivity contribution in [2.24, 2.45) is 7.05 Å². The van der Waals surface area contributed by atoms with E-state index in [1.54, 1.807) is 4.68 Å². The molecule has 84 valence electrons. The molecule has 0 aliphatic rings. The summed E-state index contributed by atoms with van der Waals surface area (Å²) in [4.78, 5) is 4.50. The molecule has 4 nitrogen and oxygen atoms in total. The third kappa shape index (κ3) is 1.78. The van der Waals surface area contributed by atoms with Crippen LogP contribution in [0.1, 0.15) is 18.3 Å². The van der Waals surface area contributed by atoms with Crippen LogP contribution in [0.2, 0.25) is 0 Å². The summed E-state index contributed by atoms with van der Waals surface area (Å²) in [6.07, 6.45) is 0.842. The van der Waals surface area contributed by atoms with Crippen molar-refractivity contribution in [2.75, 3.05) is 5.73 Å². The van der Waals surface area contributed by atoms with Gasteiger partial charge in [-0.1, -0.05) is 13.0 Å². The quantitative estimate of drug-likeness (QED) is 0.780. The predicted molar refractivity (Wildman–Crippen MR) is 65.0 cm³/mol. The molecule has 1 heterocycles. The van der Waals surface area contributed by atoms with Crippen molar-refractivity contribution in [1.29, 1.82) is 0 Å². The highest BCUT2D eigenvalue weighted by atomic mass is 15.3. The van der Waals surface area contributed by atoms with Crippen LogP contribution in [-0.2, 0) is 13.5 Å². The minimum absolute atomic E-state index is 0.752. The molecular formula is C12H16N4. The van der Waals surface area contributed by atoms with E-state index < -0.39 is 0 Å². The molecule has 0 radical (unpaired) electrons. The summed E-state index contributed by atoms with van der Waals surface area (Å²) in [6, 6.07) is 5.85. The lowest BCUT2D eigenvalue weighted by molar-refractivity contribution is 0.752. The molecule has 16 heavy (non-hydrogen) atoms. The van der Waals surface area contributed by atoms with E-state index in [0.29, 0.717) is 0 Å². The Morgan fingerprint density at radius 3 is 2.75 bits per heavy atom. The number of benzene rings is 1. The van der Waals surface area contributed by atoms with E-state index in [1.807, 2.05) is 32.2 Å². The molecule has 0 aliphatic heterocycles. The second-order valence-electron chi connectivity index (χ2n) is 3.90. The molecule has 0 unspecified atom stereocenters. The average Bonchev–Trinajstić information content (AvgIpc) is 2.63. The molecule has 1 aromatic heterocycles. The number of nitrogens with two attached hydrogens (primary N) is 1. The first-order valence-electron chi connectivity index (χ1n) is 5.38. The van der Waals surface area contributed by atoms with E-state index in [9.17, 15) is 0 Å². The Bertz CT molecular complexity index is 514. The van der Waals surface area contributed by atoms with Gasteiger partial charge < -0.3 is 5.73 Å². The normalized spacial score (nSPS) is 10.7. The van der Waals surface area contributed by atoms with Crippen LogP contribution in [0.4, 0.5) is 5.69 Å². The molecular weight excluding hydrogens is 200 g/mol. The van der Waals surface area contributed by atoms with Crippen molar-refractivity contribution in [3.8, 4) is 11.4 Å². The summed E-state index contributed by atoms with van der Waals surface area (Å²) in [6.45, 7) is 4.10. The van der Waals surface area contributed by atoms with Gasteiger partial charge in [-0.15, -0.1) is 0 Å². The van der Waals surface area contributed by atoms with E-state index in [0.717, 1.165) is 34.9 Å². The van der Waals surface area contributed by atoms with Crippen molar-refractivity contribution in [3.63, 3.8) is 0 Å². The smallest absolute Gasteiger partial charge is 0.158 e. The monoisotopic (exact) mass is 216 g/mol. The van der Waals surface area contributed by atoms with Crippen molar-refractivity contribution in [1.82, 2.24) is 14.8 Å². The van der Waals surface area contributed by atoms with Gasteiger partial charge in [0, 0.05) is 24.7 Å². The lowest BCUT2D eigenvalue weighted by Gasteiger charge is -2.05. The topological polar surface area (TPSA) is 56.7 Å². The second kappa shape index (κ2) is 3.96. The molecule has 2 N–H and O–H groups in total. The fourth-order valence-electron chi connectivity index (χ4n) is 1.70.